The van der Waals surface area contributed by atoms with E-state index in [2.05, 4.69) is 10.1 Å². The highest BCUT2D eigenvalue weighted by atomic mass is 16.5. The standard InChI is InChI=1S/C10H11N3O3/c1-15-9-4-3-7(10(11-9)16-2)13-6-5-8(14)12-13/h3-6H,1-2H3,(H,12,14). The third-order valence-electron chi connectivity index (χ3n) is 2.08. The number of nitrogens with zero attached hydrogens (tertiary/aromatic N) is 2. The Morgan fingerprint density at radius 3 is 2.62 bits per heavy atom. The minimum absolute atomic E-state index is 0.183. The van der Waals surface area contributed by atoms with Crippen LogP contribution in [0.2, 0.25) is 0 Å². The Kier molecular flexibility index (Phi) is 2.63. The van der Waals surface area contributed by atoms with Crippen molar-refractivity contribution in [3.8, 4) is 17.4 Å². The maximum Gasteiger partial charge on any atom is 0.264 e. The molecule has 2 aromatic rings. The summed E-state index contributed by atoms with van der Waals surface area (Å²) in [5.74, 6) is 0.835. The van der Waals surface area contributed by atoms with Crippen LogP contribution in [0.4, 0.5) is 0 Å². The molecule has 6 heteroatoms. The van der Waals surface area contributed by atoms with Crippen LogP contribution in [0.1, 0.15) is 0 Å². The summed E-state index contributed by atoms with van der Waals surface area (Å²) in [5.41, 5.74) is 0.461. The molecule has 0 aliphatic rings. The first kappa shape index (κ1) is 10.3. The molecule has 0 aliphatic carbocycles. The van der Waals surface area contributed by atoms with Gasteiger partial charge in [-0.05, 0) is 6.07 Å². The van der Waals surface area contributed by atoms with Crippen LogP contribution in [-0.2, 0) is 0 Å². The third kappa shape index (κ3) is 1.77. The SMILES string of the molecule is COc1ccc(-n2ccc(=O)[nH]2)c(OC)n1. The molecule has 16 heavy (non-hydrogen) atoms. The van der Waals surface area contributed by atoms with Gasteiger partial charge in [0.25, 0.3) is 5.56 Å². The first-order valence-electron chi connectivity index (χ1n) is 4.61. The van der Waals surface area contributed by atoms with E-state index in [1.54, 1.807) is 18.3 Å². The molecule has 0 amide bonds. The largest absolute Gasteiger partial charge is 0.481 e. The molecular formula is C10H11N3O3. The second kappa shape index (κ2) is 4.09. The van der Waals surface area contributed by atoms with Crippen LogP contribution in [0.3, 0.4) is 0 Å². The molecule has 0 unspecified atom stereocenters. The normalized spacial score (nSPS) is 10.1. The molecule has 0 aromatic carbocycles. The van der Waals surface area contributed by atoms with Gasteiger partial charge >= 0.3 is 0 Å². The predicted octanol–water partition coefficient (Wildman–Crippen LogP) is 0.578. The van der Waals surface area contributed by atoms with Gasteiger partial charge in [-0.1, -0.05) is 0 Å². The summed E-state index contributed by atoms with van der Waals surface area (Å²) in [7, 11) is 3.03. The molecule has 0 aliphatic heterocycles. The monoisotopic (exact) mass is 221 g/mol. The maximum absolute atomic E-state index is 11.0. The van der Waals surface area contributed by atoms with Crippen molar-refractivity contribution >= 4 is 0 Å². The maximum atomic E-state index is 11.0. The molecule has 1 N–H and O–H groups in total. The van der Waals surface area contributed by atoms with Crippen LogP contribution in [0, 0.1) is 0 Å². The molecule has 0 fully saturated rings. The lowest BCUT2D eigenvalue weighted by Gasteiger charge is -2.08. The van der Waals surface area contributed by atoms with Gasteiger partial charge in [-0.25, -0.2) is 0 Å². The molecule has 0 atom stereocenters. The van der Waals surface area contributed by atoms with E-state index in [-0.39, 0.29) is 5.56 Å². The Hall–Kier alpha value is -2.24. The molecule has 0 spiro atoms. The summed E-state index contributed by atoms with van der Waals surface area (Å²) in [6, 6.07) is 4.86. The molecule has 0 saturated heterocycles. The molecule has 2 rings (SSSR count). The topological polar surface area (TPSA) is 69.1 Å². The zero-order valence-corrected chi connectivity index (χ0v) is 8.93. The fraction of sp³-hybridized carbons (Fsp3) is 0.200. The van der Waals surface area contributed by atoms with Crippen molar-refractivity contribution in [2.75, 3.05) is 14.2 Å². The van der Waals surface area contributed by atoms with Crippen LogP contribution >= 0.6 is 0 Å². The van der Waals surface area contributed by atoms with Crippen LogP contribution in [0.5, 0.6) is 11.8 Å². The van der Waals surface area contributed by atoms with Crippen molar-refractivity contribution in [2.45, 2.75) is 0 Å². The second-order valence-corrected chi connectivity index (χ2v) is 3.04. The molecule has 0 saturated carbocycles. The van der Waals surface area contributed by atoms with Gasteiger partial charge in [-0.3, -0.25) is 14.6 Å². The lowest BCUT2D eigenvalue weighted by atomic mass is 10.4. The smallest absolute Gasteiger partial charge is 0.264 e. The van der Waals surface area contributed by atoms with Gasteiger partial charge in [0.2, 0.25) is 11.8 Å². The van der Waals surface area contributed by atoms with Gasteiger partial charge in [-0.2, -0.15) is 4.98 Å². The summed E-state index contributed by atoms with van der Waals surface area (Å²) >= 11 is 0. The minimum atomic E-state index is -0.183. The summed E-state index contributed by atoms with van der Waals surface area (Å²) < 4.78 is 11.6. The number of aromatic amines is 1. The zero-order chi connectivity index (χ0) is 11.5. The number of ether oxygens (including phenoxy) is 2. The highest BCUT2D eigenvalue weighted by molar-refractivity contribution is 5.43. The number of aromatic nitrogens is 3. The van der Waals surface area contributed by atoms with Crippen molar-refractivity contribution < 1.29 is 9.47 Å². The Morgan fingerprint density at radius 2 is 2.06 bits per heavy atom. The molecule has 0 radical (unpaired) electrons. The molecule has 0 bridgehead atoms. The highest BCUT2D eigenvalue weighted by Crippen LogP contribution is 2.22. The van der Waals surface area contributed by atoms with Gasteiger partial charge in [0, 0.05) is 18.3 Å². The van der Waals surface area contributed by atoms with Gasteiger partial charge < -0.3 is 9.47 Å². The number of hydrogen-bond acceptors (Lipinski definition) is 4. The van der Waals surface area contributed by atoms with E-state index in [4.69, 9.17) is 9.47 Å². The number of nitrogens with one attached hydrogen (secondary N) is 1. The van der Waals surface area contributed by atoms with Gasteiger partial charge in [0.15, 0.2) is 0 Å². The van der Waals surface area contributed by atoms with E-state index < -0.39 is 0 Å². The van der Waals surface area contributed by atoms with Crippen LogP contribution in [0.25, 0.3) is 5.69 Å². The van der Waals surface area contributed by atoms with Crippen LogP contribution < -0.4 is 15.0 Å². The molecule has 2 heterocycles. The van der Waals surface area contributed by atoms with E-state index in [9.17, 15) is 4.79 Å². The Bertz CT molecular complexity index is 544. The van der Waals surface area contributed by atoms with Crippen molar-refractivity contribution in [1.29, 1.82) is 0 Å². The Balaban J connectivity index is 2.52. The lowest BCUT2D eigenvalue weighted by Crippen LogP contribution is -2.06. The quantitative estimate of drug-likeness (QED) is 0.823. The van der Waals surface area contributed by atoms with Crippen LogP contribution in [-0.4, -0.2) is 29.0 Å². The van der Waals surface area contributed by atoms with Gasteiger partial charge in [-0.15, -0.1) is 0 Å². The van der Waals surface area contributed by atoms with Crippen molar-refractivity contribution in [1.82, 2.24) is 14.8 Å². The van der Waals surface area contributed by atoms with Crippen molar-refractivity contribution in [2.24, 2.45) is 0 Å². The van der Waals surface area contributed by atoms with Gasteiger partial charge in [0.1, 0.15) is 5.69 Å². The average molecular weight is 221 g/mol. The zero-order valence-electron chi connectivity index (χ0n) is 8.93. The number of methoxy groups -OCH3 is 2. The number of rotatable bonds is 3. The number of hydrogen-bond donors (Lipinski definition) is 1. The second-order valence-electron chi connectivity index (χ2n) is 3.04. The number of pyridine rings is 1. The van der Waals surface area contributed by atoms with E-state index in [0.717, 1.165) is 0 Å². The summed E-state index contributed by atoms with van der Waals surface area (Å²) in [4.78, 5) is 15.1. The third-order valence-corrected chi connectivity index (χ3v) is 2.08. The fourth-order valence-corrected chi connectivity index (χ4v) is 1.34. The van der Waals surface area contributed by atoms with Crippen molar-refractivity contribution in [3.63, 3.8) is 0 Å². The minimum Gasteiger partial charge on any atom is -0.481 e. The Morgan fingerprint density at radius 1 is 1.25 bits per heavy atom. The summed E-state index contributed by atoms with van der Waals surface area (Å²) in [5, 5.41) is 2.60. The average Bonchev–Trinajstić information content (AvgIpc) is 2.74. The highest BCUT2D eigenvalue weighted by Gasteiger charge is 2.08. The first-order chi connectivity index (χ1) is 7.74. The molecule has 2 aromatic heterocycles. The van der Waals surface area contributed by atoms with Crippen molar-refractivity contribution in [3.05, 3.63) is 34.7 Å². The van der Waals surface area contributed by atoms with E-state index in [0.29, 0.717) is 17.4 Å². The first-order valence-corrected chi connectivity index (χ1v) is 4.61. The Labute approximate surface area is 91.4 Å². The fourth-order valence-electron chi connectivity index (χ4n) is 1.34. The summed E-state index contributed by atoms with van der Waals surface area (Å²) in [6.45, 7) is 0. The molecule has 6 nitrogen and oxygen atoms in total. The van der Waals surface area contributed by atoms with Gasteiger partial charge in [0.05, 0.1) is 14.2 Å². The van der Waals surface area contributed by atoms with E-state index >= 15 is 0 Å². The van der Waals surface area contributed by atoms with Crippen LogP contribution in [0.15, 0.2) is 29.2 Å². The van der Waals surface area contributed by atoms with E-state index in [1.165, 1.54) is 25.0 Å². The number of H-pyrrole nitrogens is 1. The van der Waals surface area contributed by atoms with E-state index in [1.807, 2.05) is 0 Å². The summed E-state index contributed by atoms with van der Waals surface area (Å²) in [6.07, 6.45) is 1.61. The lowest BCUT2D eigenvalue weighted by molar-refractivity contribution is 0.363. The molecule has 84 valence electrons. The molecular weight excluding hydrogens is 210 g/mol. The predicted molar refractivity (Wildman–Crippen MR) is 57.3 cm³/mol.